The summed E-state index contributed by atoms with van der Waals surface area (Å²) in [6, 6.07) is 0. The van der Waals surface area contributed by atoms with Crippen LogP contribution in [0.3, 0.4) is 0 Å². The molecular formula is C16H28N+. The summed E-state index contributed by atoms with van der Waals surface area (Å²) >= 11 is 0. The predicted octanol–water partition coefficient (Wildman–Crippen LogP) is 3.90. The average molecular weight is 234 g/mol. The standard InChI is InChI=1S/C16H28N/c1-4-6-13-11-16(2)15-8-5-7-14(15)9-10-17(16,3)12-13/h13H,4-12H2,1-3H3/q+1/t13-,16+,17+/m0/s1. The Bertz CT molecular complexity index is 357. The van der Waals surface area contributed by atoms with E-state index in [0.717, 1.165) is 5.92 Å². The largest absolute Gasteiger partial charge is 0.317 e. The second-order valence-electron chi connectivity index (χ2n) is 7.12. The minimum atomic E-state index is 0.518. The summed E-state index contributed by atoms with van der Waals surface area (Å²) in [5.41, 5.74) is 4.27. The Morgan fingerprint density at radius 1 is 1.29 bits per heavy atom. The molecule has 3 atom stereocenters. The smallest absolute Gasteiger partial charge is 0.118 e. The van der Waals surface area contributed by atoms with E-state index in [0.29, 0.717) is 5.54 Å². The molecule has 1 heteroatoms. The Kier molecular flexibility index (Phi) is 2.66. The van der Waals surface area contributed by atoms with Gasteiger partial charge in [-0.1, -0.05) is 18.9 Å². The molecule has 96 valence electrons. The lowest BCUT2D eigenvalue weighted by molar-refractivity contribution is -0.941. The minimum absolute atomic E-state index is 0.518. The van der Waals surface area contributed by atoms with Crippen molar-refractivity contribution in [2.75, 3.05) is 20.1 Å². The van der Waals surface area contributed by atoms with E-state index >= 15 is 0 Å². The first kappa shape index (κ1) is 11.8. The van der Waals surface area contributed by atoms with Crippen molar-refractivity contribution in [3.8, 4) is 0 Å². The lowest BCUT2D eigenvalue weighted by Crippen LogP contribution is -2.59. The first-order valence-corrected chi connectivity index (χ1v) is 7.65. The fraction of sp³-hybridized carbons (Fsp3) is 0.875. The molecule has 3 aliphatic rings. The maximum atomic E-state index is 2.59. The molecule has 0 bridgehead atoms. The van der Waals surface area contributed by atoms with Gasteiger partial charge in [0.05, 0.1) is 20.1 Å². The molecule has 0 amide bonds. The molecule has 1 saturated heterocycles. The normalized spacial score (nSPS) is 45.0. The average Bonchev–Trinajstić information content (AvgIpc) is 2.82. The van der Waals surface area contributed by atoms with Crippen LogP contribution in [-0.4, -0.2) is 30.2 Å². The molecule has 0 saturated carbocycles. The molecule has 0 aromatic carbocycles. The van der Waals surface area contributed by atoms with Crippen LogP contribution in [0.5, 0.6) is 0 Å². The van der Waals surface area contributed by atoms with Crippen LogP contribution in [0.1, 0.15) is 58.8 Å². The number of nitrogens with zero attached hydrogens (tertiary/aromatic N) is 1. The molecule has 1 nitrogen and oxygen atoms in total. The molecule has 3 rings (SSSR count). The molecule has 1 aliphatic carbocycles. The summed E-state index contributed by atoms with van der Waals surface area (Å²) < 4.78 is 1.36. The summed E-state index contributed by atoms with van der Waals surface area (Å²) in [6.07, 6.45) is 9.97. The number of likely N-dealkylation sites (N-methyl/N-ethyl adjacent to an activating group) is 1. The Labute approximate surface area is 106 Å². The number of hydrogen-bond acceptors (Lipinski definition) is 0. The van der Waals surface area contributed by atoms with E-state index in [1.54, 1.807) is 0 Å². The second-order valence-corrected chi connectivity index (χ2v) is 7.12. The lowest BCUT2D eigenvalue weighted by Gasteiger charge is -2.48. The first-order valence-electron chi connectivity index (χ1n) is 7.65. The zero-order valence-electron chi connectivity index (χ0n) is 11.9. The molecule has 0 unspecified atom stereocenters. The van der Waals surface area contributed by atoms with Gasteiger partial charge in [0.15, 0.2) is 0 Å². The highest BCUT2D eigenvalue weighted by molar-refractivity contribution is 5.31. The molecule has 2 aliphatic heterocycles. The fourth-order valence-electron chi connectivity index (χ4n) is 5.12. The van der Waals surface area contributed by atoms with Crippen molar-refractivity contribution in [1.82, 2.24) is 0 Å². The van der Waals surface area contributed by atoms with Crippen LogP contribution in [0.25, 0.3) is 0 Å². The third kappa shape index (κ3) is 1.54. The Morgan fingerprint density at radius 3 is 2.88 bits per heavy atom. The highest BCUT2D eigenvalue weighted by Crippen LogP contribution is 2.53. The SMILES string of the molecule is CCC[C@H]1C[C@]2(C)C3=C(CCC3)CC[N@+]2(C)C1. The summed E-state index contributed by atoms with van der Waals surface area (Å²) in [4.78, 5) is 0. The number of rotatable bonds is 2. The van der Waals surface area contributed by atoms with Gasteiger partial charge in [-0.25, -0.2) is 0 Å². The zero-order chi connectivity index (χ0) is 12.1. The van der Waals surface area contributed by atoms with Gasteiger partial charge < -0.3 is 4.48 Å². The minimum Gasteiger partial charge on any atom is -0.317 e. The van der Waals surface area contributed by atoms with Gasteiger partial charge in [-0.2, -0.15) is 0 Å². The maximum Gasteiger partial charge on any atom is 0.118 e. The van der Waals surface area contributed by atoms with Crippen molar-refractivity contribution in [1.29, 1.82) is 0 Å². The predicted molar refractivity (Wildman–Crippen MR) is 72.8 cm³/mol. The van der Waals surface area contributed by atoms with Gasteiger partial charge in [0.1, 0.15) is 5.54 Å². The van der Waals surface area contributed by atoms with Gasteiger partial charge in [-0.3, -0.25) is 0 Å². The molecule has 0 aromatic heterocycles. The Balaban J connectivity index is 1.94. The van der Waals surface area contributed by atoms with Crippen molar-refractivity contribution >= 4 is 0 Å². The van der Waals surface area contributed by atoms with Crippen LogP contribution < -0.4 is 0 Å². The van der Waals surface area contributed by atoms with Crippen molar-refractivity contribution < 1.29 is 4.48 Å². The van der Waals surface area contributed by atoms with Gasteiger partial charge in [0.25, 0.3) is 0 Å². The van der Waals surface area contributed by atoms with Crippen LogP contribution in [0, 0.1) is 5.92 Å². The molecule has 1 fully saturated rings. The maximum absolute atomic E-state index is 2.59. The summed E-state index contributed by atoms with van der Waals surface area (Å²) in [5, 5.41) is 0. The first-order chi connectivity index (χ1) is 8.09. The van der Waals surface area contributed by atoms with Gasteiger partial charge in [-0.15, -0.1) is 0 Å². The lowest BCUT2D eigenvalue weighted by atomic mass is 9.79. The molecular weight excluding hydrogens is 206 g/mol. The van der Waals surface area contributed by atoms with Crippen LogP contribution >= 0.6 is 0 Å². The van der Waals surface area contributed by atoms with E-state index in [1.807, 2.05) is 11.1 Å². The Morgan fingerprint density at radius 2 is 2.12 bits per heavy atom. The quantitative estimate of drug-likeness (QED) is 0.502. The van der Waals surface area contributed by atoms with Crippen molar-refractivity contribution in [2.45, 2.75) is 64.3 Å². The number of fused-ring (bicyclic) bond motifs is 2. The topological polar surface area (TPSA) is 0 Å². The molecule has 0 aromatic rings. The molecule has 2 heterocycles. The summed E-state index contributed by atoms with van der Waals surface area (Å²) in [6.45, 7) is 7.79. The van der Waals surface area contributed by atoms with Crippen molar-refractivity contribution in [3.05, 3.63) is 11.1 Å². The van der Waals surface area contributed by atoms with Gasteiger partial charge in [-0.05, 0) is 38.2 Å². The van der Waals surface area contributed by atoms with Gasteiger partial charge >= 0.3 is 0 Å². The number of quaternary nitrogens is 1. The van der Waals surface area contributed by atoms with E-state index in [2.05, 4.69) is 20.9 Å². The zero-order valence-corrected chi connectivity index (χ0v) is 11.9. The highest BCUT2D eigenvalue weighted by atomic mass is 15.4. The third-order valence-electron chi connectivity index (χ3n) is 6.13. The highest BCUT2D eigenvalue weighted by Gasteiger charge is 2.57. The molecule has 0 spiro atoms. The van der Waals surface area contributed by atoms with Gasteiger partial charge in [0, 0.05) is 18.8 Å². The van der Waals surface area contributed by atoms with Crippen LogP contribution in [0.15, 0.2) is 11.1 Å². The van der Waals surface area contributed by atoms with Crippen molar-refractivity contribution in [2.24, 2.45) is 5.92 Å². The van der Waals surface area contributed by atoms with Crippen LogP contribution in [-0.2, 0) is 0 Å². The molecule has 0 radical (unpaired) electrons. The van der Waals surface area contributed by atoms with Crippen LogP contribution in [0.2, 0.25) is 0 Å². The number of hydrogen-bond donors (Lipinski definition) is 0. The monoisotopic (exact) mass is 234 g/mol. The fourth-order valence-corrected chi connectivity index (χ4v) is 5.12. The van der Waals surface area contributed by atoms with Crippen LogP contribution in [0.4, 0.5) is 0 Å². The summed E-state index contributed by atoms with van der Waals surface area (Å²) in [5.74, 6) is 0.988. The molecule has 0 N–H and O–H groups in total. The van der Waals surface area contributed by atoms with E-state index in [4.69, 9.17) is 0 Å². The van der Waals surface area contributed by atoms with E-state index in [1.165, 1.54) is 62.5 Å². The second kappa shape index (κ2) is 3.85. The van der Waals surface area contributed by atoms with E-state index < -0.39 is 0 Å². The van der Waals surface area contributed by atoms with Crippen molar-refractivity contribution in [3.63, 3.8) is 0 Å². The summed E-state index contributed by atoms with van der Waals surface area (Å²) in [7, 11) is 2.54. The Hall–Kier alpha value is -0.300. The van der Waals surface area contributed by atoms with Gasteiger partial charge in [0.2, 0.25) is 0 Å². The third-order valence-corrected chi connectivity index (χ3v) is 6.13. The molecule has 17 heavy (non-hydrogen) atoms. The van der Waals surface area contributed by atoms with E-state index in [-0.39, 0.29) is 0 Å². The van der Waals surface area contributed by atoms with E-state index in [9.17, 15) is 0 Å².